The molecule has 1 amide bonds. The fraction of sp³-hybridized carbons (Fsp3) is 0.370. The van der Waals surface area contributed by atoms with Gasteiger partial charge in [0.05, 0.1) is 12.1 Å². The van der Waals surface area contributed by atoms with Gasteiger partial charge >= 0.3 is 0 Å². The van der Waals surface area contributed by atoms with Crippen LogP contribution < -0.4 is 15.0 Å². The fourth-order valence-electron chi connectivity index (χ4n) is 4.67. The highest BCUT2D eigenvalue weighted by Gasteiger charge is 2.27. The molecule has 34 heavy (non-hydrogen) atoms. The van der Waals surface area contributed by atoms with Crippen molar-refractivity contribution in [2.45, 2.75) is 26.4 Å². The van der Waals surface area contributed by atoms with Gasteiger partial charge < -0.3 is 19.9 Å². The van der Waals surface area contributed by atoms with E-state index in [-0.39, 0.29) is 12.0 Å². The summed E-state index contributed by atoms with van der Waals surface area (Å²) in [7, 11) is 2.15. The molecule has 5 rings (SSSR count). The van der Waals surface area contributed by atoms with E-state index in [2.05, 4.69) is 38.2 Å². The third kappa shape index (κ3) is 4.75. The van der Waals surface area contributed by atoms with Gasteiger partial charge in [0.25, 0.3) is 5.91 Å². The van der Waals surface area contributed by atoms with E-state index in [1.807, 2.05) is 56.3 Å². The molecule has 7 nitrogen and oxygen atoms in total. The van der Waals surface area contributed by atoms with Crippen molar-refractivity contribution >= 4 is 11.6 Å². The average Bonchev–Trinajstić information content (AvgIpc) is 3.26. The SMILES string of the molecule is Cc1cc(C)nc(-c2cccc3c2O[C@H](CNC(=O)c2ccc(N4CCN(C)CC4)cc2)C3)n1. The maximum Gasteiger partial charge on any atom is 0.251 e. The lowest BCUT2D eigenvalue weighted by molar-refractivity contribution is 0.0933. The lowest BCUT2D eigenvalue weighted by Crippen LogP contribution is -2.44. The van der Waals surface area contributed by atoms with Crippen molar-refractivity contribution in [2.75, 3.05) is 44.7 Å². The molecule has 0 bridgehead atoms. The van der Waals surface area contributed by atoms with E-state index in [0.29, 0.717) is 17.9 Å². The second kappa shape index (κ2) is 9.43. The summed E-state index contributed by atoms with van der Waals surface area (Å²) in [5.41, 5.74) is 5.72. The molecule has 1 atom stereocenters. The number of piperazine rings is 1. The normalized spacial score (nSPS) is 17.9. The standard InChI is InChI=1S/C27H31N5O2/c1-18-15-19(2)30-26(29-18)24-6-4-5-21-16-23(34-25(21)24)17-28-27(33)20-7-9-22(10-8-20)32-13-11-31(3)12-14-32/h4-10,15,23H,11-14,16-17H2,1-3H3,(H,28,33)/t23-/m0/s1. The number of nitrogens with one attached hydrogen (secondary N) is 1. The topological polar surface area (TPSA) is 70.6 Å². The Kier molecular flexibility index (Phi) is 6.20. The molecule has 0 spiro atoms. The van der Waals surface area contributed by atoms with Crippen LogP contribution in [-0.4, -0.2) is 66.7 Å². The fourth-order valence-corrected chi connectivity index (χ4v) is 4.67. The largest absolute Gasteiger partial charge is 0.487 e. The van der Waals surface area contributed by atoms with Gasteiger partial charge in [-0.3, -0.25) is 4.79 Å². The number of ether oxygens (including phenoxy) is 1. The van der Waals surface area contributed by atoms with E-state index in [9.17, 15) is 4.79 Å². The van der Waals surface area contributed by atoms with E-state index < -0.39 is 0 Å². The number of hydrogen-bond donors (Lipinski definition) is 1. The number of hydrogen-bond acceptors (Lipinski definition) is 6. The molecular formula is C27H31N5O2. The molecule has 7 heteroatoms. The molecule has 176 valence electrons. The minimum absolute atomic E-state index is 0.0812. The molecule has 2 aromatic carbocycles. The van der Waals surface area contributed by atoms with E-state index in [1.54, 1.807) is 0 Å². The van der Waals surface area contributed by atoms with Crippen molar-refractivity contribution in [1.82, 2.24) is 20.2 Å². The van der Waals surface area contributed by atoms with Crippen LogP contribution in [0.4, 0.5) is 5.69 Å². The first-order valence-electron chi connectivity index (χ1n) is 11.9. The van der Waals surface area contributed by atoms with Crippen LogP contribution >= 0.6 is 0 Å². The third-order valence-corrected chi connectivity index (χ3v) is 6.54. The quantitative estimate of drug-likeness (QED) is 0.634. The Bertz CT molecular complexity index is 1170. The van der Waals surface area contributed by atoms with Gasteiger partial charge in [0.2, 0.25) is 0 Å². The van der Waals surface area contributed by atoms with Gasteiger partial charge in [0, 0.05) is 55.2 Å². The van der Waals surface area contributed by atoms with E-state index in [4.69, 9.17) is 4.74 Å². The van der Waals surface area contributed by atoms with Crippen LogP contribution in [0.15, 0.2) is 48.5 Å². The number of likely N-dealkylation sites (N-methyl/N-ethyl adjacent to an activating group) is 1. The smallest absolute Gasteiger partial charge is 0.251 e. The van der Waals surface area contributed by atoms with Crippen LogP contribution in [0.1, 0.15) is 27.3 Å². The molecule has 3 aromatic rings. The summed E-state index contributed by atoms with van der Waals surface area (Å²) in [4.78, 5) is 26.7. The predicted octanol–water partition coefficient (Wildman–Crippen LogP) is 3.25. The van der Waals surface area contributed by atoms with E-state index >= 15 is 0 Å². The number of aromatic nitrogens is 2. The zero-order valence-corrected chi connectivity index (χ0v) is 20.0. The summed E-state index contributed by atoms with van der Waals surface area (Å²) in [5, 5.41) is 3.04. The lowest BCUT2D eigenvalue weighted by Gasteiger charge is -2.34. The second-order valence-electron chi connectivity index (χ2n) is 9.26. The molecule has 1 saturated heterocycles. The van der Waals surface area contributed by atoms with Crippen LogP contribution in [0.25, 0.3) is 11.4 Å². The van der Waals surface area contributed by atoms with Crippen molar-refractivity contribution in [1.29, 1.82) is 0 Å². The Balaban J connectivity index is 1.21. The number of nitrogens with zero attached hydrogens (tertiary/aromatic N) is 4. The summed E-state index contributed by atoms with van der Waals surface area (Å²) in [6.45, 7) is 8.53. The molecule has 1 fully saturated rings. The highest BCUT2D eigenvalue weighted by Crippen LogP contribution is 2.37. The second-order valence-corrected chi connectivity index (χ2v) is 9.26. The number of para-hydroxylation sites is 1. The monoisotopic (exact) mass is 457 g/mol. The number of anilines is 1. The first kappa shape index (κ1) is 22.3. The summed E-state index contributed by atoms with van der Waals surface area (Å²) >= 11 is 0. The van der Waals surface area contributed by atoms with Crippen molar-refractivity contribution in [2.24, 2.45) is 0 Å². The van der Waals surface area contributed by atoms with Gasteiger partial charge in [-0.25, -0.2) is 9.97 Å². The minimum Gasteiger partial charge on any atom is -0.487 e. The molecule has 2 aliphatic rings. The zero-order chi connectivity index (χ0) is 23.7. The van der Waals surface area contributed by atoms with Crippen LogP contribution in [-0.2, 0) is 6.42 Å². The summed E-state index contributed by atoms with van der Waals surface area (Å²) in [6.07, 6.45) is 0.631. The van der Waals surface area contributed by atoms with Crippen molar-refractivity contribution in [3.05, 3.63) is 71.0 Å². The highest BCUT2D eigenvalue weighted by atomic mass is 16.5. The van der Waals surface area contributed by atoms with Crippen LogP contribution in [0.3, 0.4) is 0 Å². The molecule has 0 radical (unpaired) electrons. The Labute approximate surface area is 200 Å². The number of benzene rings is 2. The lowest BCUT2D eigenvalue weighted by atomic mass is 10.1. The number of aryl methyl sites for hydroxylation is 2. The average molecular weight is 458 g/mol. The minimum atomic E-state index is -0.115. The van der Waals surface area contributed by atoms with Gasteiger partial charge in [0.15, 0.2) is 5.82 Å². The van der Waals surface area contributed by atoms with Crippen LogP contribution in [0, 0.1) is 13.8 Å². The van der Waals surface area contributed by atoms with Gasteiger partial charge in [-0.05, 0) is 62.9 Å². The number of fused-ring (bicyclic) bond motifs is 1. The molecule has 1 N–H and O–H groups in total. The van der Waals surface area contributed by atoms with Crippen LogP contribution in [0.5, 0.6) is 5.75 Å². The number of carbonyl (C=O) groups excluding carboxylic acids is 1. The number of rotatable bonds is 5. The summed E-state index contributed by atoms with van der Waals surface area (Å²) < 4.78 is 6.26. The van der Waals surface area contributed by atoms with Gasteiger partial charge in [-0.15, -0.1) is 0 Å². The zero-order valence-electron chi connectivity index (χ0n) is 20.0. The van der Waals surface area contributed by atoms with Crippen molar-refractivity contribution in [3.8, 4) is 17.1 Å². The van der Waals surface area contributed by atoms with Crippen molar-refractivity contribution in [3.63, 3.8) is 0 Å². The van der Waals surface area contributed by atoms with E-state index in [1.165, 1.54) is 5.69 Å². The highest BCUT2D eigenvalue weighted by molar-refractivity contribution is 5.94. The molecule has 0 saturated carbocycles. The Morgan fingerprint density at radius 3 is 2.44 bits per heavy atom. The van der Waals surface area contributed by atoms with Crippen LogP contribution in [0.2, 0.25) is 0 Å². The number of amides is 1. The van der Waals surface area contributed by atoms with Crippen molar-refractivity contribution < 1.29 is 9.53 Å². The number of carbonyl (C=O) groups is 1. The third-order valence-electron chi connectivity index (χ3n) is 6.54. The maximum atomic E-state index is 12.8. The summed E-state index contributed by atoms with van der Waals surface area (Å²) in [5.74, 6) is 1.42. The predicted molar refractivity (Wildman–Crippen MR) is 134 cm³/mol. The first-order valence-corrected chi connectivity index (χ1v) is 11.9. The molecule has 0 unspecified atom stereocenters. The molecular weight excluding hydrogens is 426 g/mol. The van der Waals surface area contributed by atoms with Gasteiger partial charge in [0.1, 0.15) is 11.9 Å². The maximum absolute atomic E-state index is 12.8. The van der Waals surface area contributed by atoms with E-state index in [0.717, 1.165) is 60.9 Å². The molecule has 0 aliphatic carbocycles. The first-order chi connectivity index (χ1) is 16.5. The van der Waals surface area contributed by atoms with Gasteiger partial charge in [-0.1, -0.05) is 12.1 Å². The molecule has 2 aliphatic heterocycles. The van der Waals surface area contributed by atoms with Gasteiger partial charge in [-0.2, -0.15) is 0 Å². The molecule has 3 heterocycles. The Morgan fingerprint density at radius 1 is 1.03 bits per heavy atom. The Morgan fingerprint density at radius 2 is 1.74 bits per heavy atom. The molecule has 1 aromatic heterocycles. The summed E-state index contributed by atoms with van der Waals surface area (Å²) in [6, 6.07) is 15.9. The Hall–Kier alpha value is -3.45.